The summed E-state index contributed by atoms with van der Waals surface area (Å²) in [6.45, 7) is 22.4. The summed E-state index contributed by atoms with van der Waals surface area (Å²) in [7, 11) is -6.06. The van der Waals surface area contributed by atoms with E-state index in [0.29, 0.717) is 38.5 Å². The molecule has 3 heterocycles. The number of rotatable bonds is 6. The Morgan fingerprint density at radius 1 is 0.825 bits per heavy atom. The van der Waals surface area contributed by atoms with E-state index in [2.05, 4.69) is 19.9 Å². The SMILES string of the molecule is CC.CC.CC.CC1=CCN(C=O)CC1.CC1=CCN(S(=O)(=O)CCCO)CC1.CC1CCN(S(C)(=O)=O)CC1. The van der Waals surface area contributed by atoms with Crippen LogP contribution < -0.4 is 0 Å². The third-order valence-corrected chi connectivity index (χ3v) is 9.41. The van der Waals surface area contributed by atoms with E-state index in [1.54, 1.807) is 9.21 Å². The maximum atomic E-state index is 11.6. The normalized spacial score (nSPS) is 18.1. The lowest BCUT2D eigenvalue weighted by molar-refractivity contribution is -0.117. The summed E-state index contributed by atoms with van der Waals surface area (Å²) in [6, 6.07) is 0. The zero-order valence-corrected chi connectivity index (χ0v) is 28.8. The van der Waals surface area contributed by atoms with Crippen molar-refractivity contribution in [1.82, 2.24) is 13.5 Å². The van der Waals surface area contributed by atoms with Gasteiger partial charge in [-0.2, -0.15) is 4.31 Å². The molecular formula is C29H61N3O6S2. The predicted octanol–water partition coefficient (Wildman–Crippen LogP) is 4.90. The van der Waals surface area contributed by atoms with Gasteiger partial charge in [-0.1, -0.05) is 71.8 Å². The lowest BCUT2D eigenvalue weighted by Gasteiger charge is -2.27. The van der Waals surface area contributed by atoms with Gasteiger partial charge in [0.05, 0.1) is 12.0 Å². The van der Waals surface area contributed by atoms with Gasteiger partial charge >= 0.3 is 0 Å². The molecule has 3 aliphatic heterocycles. The molecule has 1 amide bonds. The van der Waals surface area contributed by atoms with Crippen LogP contribution in [0.2, 0.25) is 0 Å². The van der Waals surface area contributed by atoms with E-state index in [1.165, 1.54) is 21.7 Å². The number of sulfonamides is 2. The molecule has 0 aromatic heterocycles. The van der Waals surface area contributed by atoms with Gasteiger partial charge in [0.15, 0.2) is 0 Å². The Morgan fingerprint density at radius 2 is 1.30 bits per heavy atom. The highest BCUT2D eigenvalue weighted by Crippen LogP contribution is 2.17. The molecule has 1 saturated heterocycles. The van der Waals surface area contributed by atoms with Crippen molar-refractivity contribution in [1.29, 1.82) is 0 Å². The van der Waals surface area contributed by atoms with Crippen LogP contribution >= 0.6 is 0 Å². The minimum Gasteiger partial charge on any atom is -0.396 e. The van der Waals surface area contributed by atoms with Crippen molar-refractivity contribution in [3.8, 4) is 0 Å². The summed E-state index contributed by atoms with van der Waals surface area (Å²) in [5.74, 6) is 0.740. The van der Waals surface area contributed by atoms with Crippen molar-refractivity contribution in [3.05, 3.63) is 23.3 Å². The van der Waals surface area contributed by atoms with Crippen LogP contribution in [0.1, 0.15) is 94.4 Å². The minimum atomic E-state index is -3.14. The Bertz CT molecular complexity index is 895. The summed E-state index contributed by atoms with van der Waals surface area (Å²) in [5, 5.41) is 8.58. The van der Waals surface area contributed by atoms with E-state index >= 15 is 0 Å². The molecule has 11 heteroatoms. The second-order valence-electron chi connectivity index (χ2n) is 9.30. The van der Waals surface area contributed by atoms with Gasteiger partial charge in [-0.25, -0.2) is 21.1 Å². The van der Waals surface area contributed by atoms with Gasteiger partial charge < -0.3 is 10.0 Å². The number of carbonyl (C=O) groups excluding carboxylic acids is 1. The van der Waals surface area contributed by atoms with Gasteiger partial charge in [0.2, 0.25) is 26.5 Å². The summed E-state index contributed by atoms with van der Waals surface area (Å²) in [4.78, 5) is 11.9. The van der Waals surface area contributed by atoms with Crippen molar-refractivity contribution in [2.75, 3.05) is 57.9 Å². The molecule has 0 saturated carbocycles. The molecule has 0 radical (unpaired) electrons. The molecule has 0 unspecified atom stereocenters. The molecule has 3 aliphatic rings. The lowest BCUT2D eigenvalue weighted by atomic mass is 10.0. The largest absolute Gasteiger partial charge is 0.396 e. The highest BCUT2D eigenvalue weighted by Gasteiger charge is 2.23. The standard InChI is InChI=1S/C9H17NO3S.C7H15NO2S.C7H11NO.3C2H6/c1-9-3-5-10(6-4-9)14(12,13)8-2-7-11;1-7-3-5-8(6-4-7)11(2,9)10;1-7-2-4-8(6-9)5-3-7;3*1-2/h3,11H,2,4-8H2,1H3;7H,3-6H2,1-2H3;2,6H,3-5H2,1H3;3*1-2H3. The van der Waals surface area contributed by atoms with Crippen LogP contribution in [-0.2, 0) is 24.8 Å². The van der Waals surface area contributed by atoms with Crippen molar-refractivity contribution in [2.24, 2.45) is 5.92 Å². The molecule has 1 N–H and O–H groups in total. The molecule has 240 valence electrons. The first-order valence-corrected chi connectivity index (χ1v) is 18.4. The maximum Gasteiger partial charge on any atom is 0.214 e. The predicted molar refractivity (Wildman–Crippen MR) is 170 cm³/mol. The molecule has 0 bridgehead atoms. The highest BCUT2D eigenvalue weighted by atomic mass is 32.2. The second-order valence-corrected chi connectivity index (χ2v) is 13.4. The molecular weight excluding hydrogens is 550 g/mol. The Balaban J connectivity index is -0.000000476. The quantitative estimate of drug-likeness (QED) is 0.337. The second kappa shape index (κ2) is 25.4. The molecule has 0 aliphatic carbocycles. The third-order valence-electron chi connectivity index (χ3n) is 6.18. The van der Waals surface area contributed by atoms with Gasteiger partial charge in [0.1, 0.15) is 0 Å². The monoisotopic (exact) mass is 611 g/mol. The van der Waals surface area contributed by atoms with Gasteiger partial charge in [-0.15, -0.1) is 0 Å². The van der Waals surface area contributed by atoms with Crippen LogP contribution in [0.5, 0.6) is 0 Å². The molecule has 0 atom stereocenters. The van der Waals surface area contributed by atoms with Crippen molar-refractivity contribution in [2.45, 2.75) is 94.4 Å². The van der Waals surface area contributed by atoms with Crippen LogP contribution in [-0.4, -0.2) is 99.7 Å². The van der Waals surface area contributed by atoms with Crippen LogP contribution in [0.4, 0.5) is 0 Å². The highest BCUT2D eigenvalue weighted by molar-refractivity contribution is 7.89. The number of hydrogen-bond donors (Lipinski definition) is 1. The van der Waals surface area contributed by atoms with Crippen LogP contribution in [0, 0.1) is 5.92 Å². The topological polar surface area (TPSA) is 115 Å². The molecule has 1 fully saturated rings. The van der Waals surface area contributed by atoms with Crippen LogP contribution in [0.15, 0.2) is 23.3 Å². The Hall–Kier alpha value is -1.27. The van der Waals surface area contributed by atoms with Crippen molar-refractivity contribution < 1.29 is 26.7 Å². The third kappa shape index (κ3) is 20.6. The minimum absolute atomic E-state index is 0.0520. The summed E-state index contributed by atoms with van der Waals surface area (Å²) < 4.78 is 48.4. The van der Waals surface area contributed by atoms with Gasteiger partial charge in [-0.05, 0) is 51.9 Å². The first-order chi connectivity index (χ1) is 18.9. The number of piperidine rings is 1. The fourth-order valence-corrected chi connectivity index (χ4v) is 5.88. The molecule has 40 heavy (non-hydrogen) atoms. The number of aliphatic hydroxyl groups is 1. The first kappa shape index (κ1) is 43.2. The molecule has 0 aromatic rings. The molecule has 3 rings (SSSR count). The van der Waals surface area contributed by atoms with Gasteiger partial charge in [-0.3, -0.25) is 4.79 Å². The molecule has 0 spiro atoms. The summed E-state index contributed by atoms with van der Waals surface area (Å²) >= 11 is 0. The van der Waals surface area contributed by atoms with E-state index in [1.807, 2.05) is 54.5 Å². The van der Waals surface area contributed by atoms with Crippen LogP contribution in [0.3, 0.4) is 0 Å². The average Bonchev–Trinajstić information content (AvgIpc) is 2.96. The van der Waals surface area contributed by atoms with Crippen LogP contribution in [0.25, 0.3) is 0 Å². The Kier molecular flexibility index (Phi) is 27.5. The smallest absolute Gasteiger partial charge is 0.214 e. The van der Waals surface area contributed by atoms with E-state index < -0.39 is 20.0 Å². The lowest BCUT2D eigenvalue weighted by Crippen LogP contribution is -2.37. The first-order valence-electron chi connectivity index (χ1n) is 14.9. The van der Waals surface area contributed by atoms with E-state index in [9.17, 15) is 21.6 Å². The van der Waals surface area contributed by atoms with Crippen molar-refractivity contribution in [3.63, 3.8) is 0 Å². The summed E-state index contributed by atoms with van der Waals surface area (Å²) in [6.07, 6.45) is 10.4. The van der Waals surface area contributed by atoms with Gasteiger partial charge in [0, 0.05) is 45.9 Å². The number of aliphatic hydroxyl groups excluding tert-OH is 1. The Morgan fingerprint density at radius 3 is 1.65 bits per heavy atom. The number of nitrogens with zero attached hydrogens (tertiary/aromatic N) is 3. The zero-order chi connectivity index (χ0) is 31.8. The number of hydrogen-bond acceptors (Lipinski definition) is 6. The van der Waals surface area contributed by atoms with E-state index in [0.717, 1.165) is 45.2 Å². The summed E-state index contributed by atoms with van der Waals surface area (Å²) in [5.41, 5.74) is 2.65. The van der Waals surface area contributed by atoms with Crippen molar-refractivity contribution >= 4 is 26.5 Å². The fraction of sp³-hybridized carbons (Fsp3) is 0.828. The zero-order valence-electron chi connectivity index (χ0n) is 27.1. The molecule has 0 aromatic carbocycles. The fourth-order valence-electron chi connectivity index (χ4n) is 3.58. The van der Waals surface area contributed by atoms with Gasteiger partial charge in [0.25, 0.3) is 0 Å². The van der Waals surface area contributed by atoms with E-state index in [-0.39, 0.29) is 12.4 Å². The average molecular weight is 612 g/mol. The van der Waals surface area contributed by atoms with E-state index in [4.69, 9.17) is 5.11 Å². The molecule has 9 nitrogen and oxygen atoms in total. The maximum absolute atomic E-state index is 11.6. The number of carbonyl (C=O) groups is 1. The Labute approximate surface area is 247 Å². The number of amides is 1.